The van der Waals surface area contributed by atoms with Crippen LogP contribution in [0.3, 0.4) is 0 Å². The molecular formula is C19H27NO4. The predicted octanol–water partition coefficient (Wildman–Crippen LogP) is 2.82. The number of rotatable bonds is 7. The van der Waals surface area contributed by atoms with Crippen molar-refractivity contribution in [3.63, 3.8) is 0 Å². The van der Waals surface area contributed by atoms with Gasteiger partial charge in [-0.1, -0.05) is 12.1 Å². The summed E-state index contributed by atoms with van der Waals surface area (Å²) in [7, 11) is 1.67. The molecule has 5 nitrogen and oxygen atoms in total. The summed E-state index contributed by atoms with van der Waals surface area (Å²) in [6.45, 7) is 3.70. The molecule has 0 atom stereocenters. The molecule has 0 radical (unpaired) electrons. The van der Waals surface area contributed by atoms with Gasteiger partial charge in [0.2, 0.25) is 5.91 Å². The van der Waals surface area contributed by atoms with Crippen LogP contribution in [0.5, 0.6) is 5.75 Å². The Morgan fingerprint density at radius 3 is 2.38 bits per heavy atom. The quantitative estimate of drug-likeness (QED) is 0.720. The van der Waals surface area contributed by atoms with Crippen LogP contribution in [0.1, 0.15) is 38.2 Å². The van der Waals surface area contributed by atoms with E-state index in [-0.39, 0.29) is 24.7 Å². The molecule has 1 aliphatic heterocycles. The van der Waals surface area contributed by atoms with Crippen LogP contribution in [0.15, 0.2) is 24.3 Å². The van der Waals surface area contributed by atoms with E-state index in [0.717, 1.165) is 38.1 Å². The topological polar surface area (TPSA) is 55.8 Å². The zero-order valence-electron chi connectivity index (χ0n) is 14.6. The highest BCUT2D eigenvalue weighted by atomic mass is 16.5. The zero-order chi connectivity index (χ0) is 17.4. The molecule has 0 unspecified atom stereocenters. The lowest BCUT2D eigenvalue weighted by molar-refractivity contribution is -0.146. The highest BCUT2D eigenvalue weighted by Crippen LogP contribution is 2.23. The van der Waals surface area contributed by atoms with E-state index < -0.39 is 0 Å². The minimum absolute atomic E-state index is 0.0611. The minimum atomic E-state index is -0.291. The fourth-order valence-corrected chi connectivity index (χ4v) is 3.08. The Bertz CT molecular complexity index is 533. The molecular weight excluding hydrogens is 306 g/mol. The molecule has 1 aliphatic rings. The van der Waals surface area contributed by atoms with Gasteiger partial charge in [0.05, 0.1) is 20.1 Å². The molecule has 0 N–H and O–H groups in total. The first kappa shape index (κ1) is 18.3. The third kappa shape index (κ3) is 5.55. The summed E-state index contributed by atoms with van der Waals surface area (Å²) in [5, 5.41) is 0. The van der Waals surface area contributed by atoms with Crippen molar-refractivity contribution in [1.82, 2.24) is 4.90 Å². The summed E-state index contributed by atoms with van der Waals surface area (Å²) in [5.74, 6) is 1.25. The van der Waals surface area contributed by atoms with Gasteiger partial charge in [-0.15, -0.1) is 0 Å². The van der Waals surface area contributed by atoms with Crippen molar-refractivity contribution in [2.24, 2.45) is 5.92 Å². The average Bonchev–Trinajstić information content (AvgIpc) is 2.61. The van der Waals surface area contributed by atoms with E-state index in [0.29, 0.717) is 12.5 Å². The Balaban J connectivity index is 1.72. The summed E-state index contributed by atoms with van der Waals surface area (Å²) < 4.78 is 10.0. The standard InChI is InChI=1S/C19H27NO4/c1-3-24-19(22)9-8-18(21)20-12-10-16(11-13-20)14-15-4-6-17(23-2)7-5-15/h4-7,16H,3,8-14H2,1-2H3. The van der Waals surface area contributed by atoms with Crippen molar-refractivity contribution in [1.29, 1.82) is 0 Å². The molecule has 0 bridgehead atoms. The van der Waals surface area contributed by atoms with E-state index in [2.05, 4.69) is 12.1 Å². The Labute approximate surface area is 143 Å². The van der Waals surface area contributed by atoms with Gasteiger partial charge < -0.3 is 14.4 Å². The van der Waals surface area contributed by atoms with Crippen molar-refractivity contribution in [2.45, 2.75) is 39.0 Å². The molecule has 132 valence electrons. The number of methoxy groups -OCH3 is 1. The van der Waals surface area contributed by atoms with Crippen LogP contribution >= 0.6 is 0 Å². The van der Waals surface area contributed by atoms with Crippen LogP contribution in [0.4, 0.5) is 0 Å². The van der Waals surface area contributed by atoms with Gasteiger partial charge in [0.25, 0.3) is 0 Å². The molecule has 0 aliphatic carbocycles. The molecule has 0 saturated carbocycles. The van der Waals surface area contributed by atoms with Crippen LogP contribution in [-0.4, -0.2) is 43.6 Å². The number of nitrogens with zero attached hydrogens (tertiary/aromatic N) is 1. The Hall–Kier alpha value is -2.04. The average molecular weight is 333 g/mol. The Morgan fingerprint density at radius 1 is 1.12 bits per heavy atom. The van der Waals surface area contributed by atoms with E-state index >= 15 is 0 Å². The molecule has 1 heterocycles. The summed E-state index contributed by atoms with van der Waals surface area (Å²) in [6.07, 6.45) is 3.49. The predicted molar refractivity (Wildman–Crippen MR) is 91.9 cm³/mol. The second-order valence-corrected chi connectivity index (χ2v) is 6.18. The van der Waals surface area contributed by atoms with Gasteiger partial charge in [0.1, 0.15) is 5.75 Å². The molecule has 1 aromatic rings. The van der Waals surface area contributed by atoms with Crippen molar-refractivity contribution < 1.29 is 19.1 Å². The monoisotopic (exact) mass is 333 g/mol. The van der Waals surface area contributed by atoms with E-state index in [1.54, 1.807) is 14.0 Å². The van der Waals surface area contributed by atoms with Gasteiger partial charge in [0.15, 0.2) is 0 Å². The van der Waals surface area contributed by atoms with E-state index in [1.807, 2.05) is 17.0 Å². The number of likely N-dealkylation sites (tertiary alicyclic amines) is 1. The molecule has 1 fully saturated rings. The first-order valence-electron chi connectivity index (χ1n) is 8.68. The summed E-state index contributed by atoms with van der Waals surface area (Å²) in [6, 6.07) is 8.19. The normalized spacial score (nSPS) is 15.2. The van der Waals surface area contributed by atoms with Gasteiger partial charge in [-0.2, -0.15) is 0 Å². The lowest BCUT2D eigenvalue weighted by Crippen LogP contribution is -2.39. The first-order valence-corrected chi connectivity index (χ1v) is 8.68. The summed E-state index contributed by atoms with van der Waals surface area (Å²) in [5.41, 5.74) is 1.31. The zero-order valence-corrected chi connectivity index (χ0v) is 14.6. The molecule has 0 aromatic heterocycles. The fourth-order valence-electron chi connectivity index (χ4n) is 3.08. The minimum Gasteiger partial charge on any atom is -0.497 e. The largest absolute Gasteiger partial charge is 0.497 e. The lowest BCUT2D eigenvalue weighted by Gasteiger charge is -2.32. The van der Waals surface area contributed by atoms with E-state index in [9.17, 15) is 9.59 Å². The van der Waals surface area contributed by atoms with Crippen molar-refractivity contribution in [2.75, 3.05) is 26.8 Å². The van der Waals surface area contributed by atoms with Crippen molar-refractivity contribution in [3.8, 4) is 5.75 Å². The maximum absolute atomic E-state index is 12.1. The molecule has 1 aromatic carbocycles. The van der Waals surface area contributed by atoms with Crippen LogP contribution in [0.25, 0.3) is 0 Å². The molecule has 0 spiro atoms. The third-order valence-electron chi connectivity index (χ3n) is 4.50. The molecule has 1 saturated heterocycles. The third-order valence-corrected chi connectivity index (χ3v) is 4.50. The number of carbonyl (C=O) groups excluding carboxylic acids is 2. The highest BCUT2D eigenvalue weighted by molar-refractivity contribution is 5.81. The maximum atomic E-state index is 12.1. The Kier molecular flexibility index (Phi) is 7.09. The molecule has 2 rings (SSSR count). The number of benzene rings is 1. The molecule has 24 heavy (non-hydrogen) atoms. The number of amides is 1. The van der Waals surface area contributed by atoms with Gasteiger partial charge in [-0.25, -0.2) is 0 Å². The van der Waals surface area contributed by atoms with Gasteiger partial charge in [-0.05, 0) is 49.8 Å². The van der Waals surface area contributed by atoms with Crippen molar-refractivity contribution >= 4 is 11.9 Å². The number of hydrogen-bond acceptors (Lipinski definition) is 4. The van der Waals surface area contributed by atoms with Gasteiger partial charge in [0, 0.05) is 19.5 Å². The lowest BCUT2D eigenvalue weighted by atomic mass is 9.90. The first-order chi connectivity index (χ1) is 11.6. The Morgan fingerprint density at radius 2 is 1.79 bits per heavy atom. The van der Waals surface area contributed by atoms with E-state index in [4.69, 9.17) is 9.47 Å². The fraction of sp³-hybridized carbons (Fsp3) is 0.579. The van der Waals surface area contributed by atoms with Crippen molar-refractivity contribution in [3.05, 3.63) is 29.8 Å². The maximum Gasteiger partial charge on any atom is 0.306 e. The number of ether oxygens (including phenoxy) is 2. The van der Waals surface area contributed by atoms with Crippen LogP contribution in [0.2, 0.25) is 0 Å². The van der Waals surface area contributed by atoms with Crippen LogP contribution in [0, 0.1) is 5.92 Å². The number of piperidine rings is 1. The van der Waals surface area contributed by atoms with Gasteiger partial charge in [-0.3, -0.25) is 9.59 Å². The number of carbonyl (C=O) groups is 2. The summed E-state index contributed by atoms with van der Waals surface area (Å²) >= 11 is 0. The number of hydrogen-bond donors (Lipinski definition) is 0. The number of esters is 1. The van der Waals surface area contributed by atoms with E-state index in [1.165, 1.54) is 5.56 Å². The van der Waals surface area contributed by atoms with Crippen LogP contribution < -0.4 is 4.74 Å². The smallest absolute Gasteiger partial charge is 0.306 e. The second-order valence-electron chi connectivity index (χ2n) is 6.18. The summed E-state index contributed by atoms with van der Waals surface area (Å²) in [4.78, 5) is 25.4. The second kappa shape index (κ2) is 9.30. The van der Waals surface area contributed by atoms with Gasteiger partial charge >= 0.3 is 5.97 Å². The highest BCUT2D eigenvalue weighted by Gasteiger charge is 2.23. The SMILES string of the molecule is CCOC(=O)CCC(=O)N1CCC(Cc2ccc(OC)cc2)CC1. The van der Waals surface area contributed by atoms with Crippen LogP contribution in [-0.2, 0) is 20.7 Å². The molecule has 1 amide bonds. The molecule has 5 heteroatoms.